The predicted octanol–water partition coefficient (Wildman–Crippen LogP) is 0.777. The van der Waals surface area contributed by atoms with Crippen LogP contribution in [0.4, 0.5) is 0 Å². The smallest absolute Gasteiger partial charge is 0.251 e. The zero-order chi connectivity index (χ0) is 12.8. The molecule has 4 heteroatoms. The summed E-state index contributed by atoms with van der Waals surface area (Å²) >= 11 is 0. The molecule has 17 heavy (non-hydrogen) atoms. The van der Waals surface area contributed by atoms with Crippen LogP contribution < -0.4 is 0 Å². The molecule has 0 saturated carbocycles. The Hall–Kier alpha value is -1.39. The topological polar surface area (TPSA) is 60.8 Å². The molecule has 1 amide bonds. The summed E-state index contributed by atoms with van der Waals surface area (Å²) in [4.78, 5) is 13.2. The number of nitrogens with zero attached hydrogens (tertiary/aromatic N) is 1. The van der Waals surface area contributed by atoms with E-state index in [1.54, 1.807) is 6.92 Å². The Morgan fingerprint density at radius 3 is 2.29 bits per heavy atom. The molecule has 0 unspecified atom stereocenters. The Morgan fingerprint density at radius 2 is 1.82 bits per heavy atom. The molecule has 0 radical (unpaired) electrons. The monoisotopic (exact) mass is 237 g/mol. The lowest BCUT2D eigenvalue weighted by molar-refractivity contribution is -0.141. The molecule has 0 aliphatic rings. The molecule has 94 valence electrons. The van der Waals surface area contributed by atoms with Crippen LogP contribution in [-0.4, -0.2) is 39.8 Å². The Kier molecular flexibility index (Phi) is 5.12. The Bertz CT molecular complexity index is 349. The van der Waals surface area contributed by atoms with E-state index in [0.717, 1.165) is 5.56 Å². The fraction of sp³-hybridized carbons (Fsp3) is 0.462. The molecule has 0 aromatic heterocycles. The highest BCUT2D eigenvalue weighted by atomic mass is 16.3. The Labute approximate surface area is 101 Å². The van der Waals surface area contributed by atoms with Gasteiger partial charge < -0.3 is 15.1 Å². The molecule has 0 heterocycles. The van der Waals surface area contributed by atoms with Gasteiger partial charge in [0.1, 0.15) is 6.10 Å². The lowest BCUT2D eigenvalue weighted by atomic mass is 10.2. The van der Waals surface area contributed by atoms with Crippen molar-refractivity contribution >= 4 is 5.91 Å². The highest BCUT2D eigenvalue weighted by Crippen LogP contribution is 2.07. The number of rotatable bonds is 5. The van der Waals surface area contributed by atoms with Gasteiger partial charge in [-0.15, -0.1) is 0 Å². The first-order valence-electron chi connectivity index (χ1n) is 5.69. The van der Waals surface area contributed by atoms with Gasteiger partial charge in [0.15, 0.2) is 0 Å². The molecule has 0 saturated heterocycles. The highest BCUT2D eigenvalue weighted by Gasteiger charge is 2.19. The fourth-order valence-corrected chi connectivity index (χ4v) is 1.62. The molecule has 0 aliphatic carbocycles. The van der Waals surface area contributed by atoms with Crippen molar-refractivity contribution in [3.05, 3.63) is 35.9 Å². The second kappa shape index (κ2) is 6.37. The van der Waals surface area contributed by atoms with E-state index < -0.39 is 12.2 Å². The normalized spacial score (nSPS) is 14.1. The van der Waals surface area contributed by atoms with Crippen LogP contribution in [0.2, 0.25) is 0 Å². The van der Waals surface area contributed by atoms with Crippen molar-refractivity contribution < 1.29 is 15.0 Å². The number of carbonyl (C=O) groups excluding carboxylic acids is 1. The Morgan fingerprint density at radius 1 is 1.24 bits per heavy atom. The molecule has 2 N–H and O–H groups in total. The van der Waals surface area contributed by atoms with Crippen molar-refractivity contribution in [2.75, 3.05) is 6.54 Å². The largest absolute Gasteiger partial charge is 0.392 e. The van der Waals surface area contributed by atoms with Gasteiger partial charge in [0.25, 0.3) is 5.91 Å². The zero-order valence-electron chi connectivity index (χ0n) is 10.2. The number of aliphatic hydroxyl groups is 2. The van der Waals surface area contributed by atoms with Crippen molar-refractivity contribution in [3.8, 4) is 0 Å². The summed E-state index contributed by atoms with van der Waals surface area (Å²) in [6.45, 7) is 3.67. The van der Waals surface area contributed by atoms with Gasteiger partial charge >= 0.3 is 0 Å². The van der Waals surface area contributed by atoms with E-state index in [4.69, 9.17) is 0 Å². The van der Waals surface area contributed by atoms with Gasteiger partial charge in [0, 0.05) is 13.1 Å². The van der Waals surface area contributed by atoms with Crippen LogP contribution >= 0.6 is 0 Å². The standard InChI is InChI=1S/C13H19NO3/c1-10(15)8-14(13(17)11(2)16)9-12-6-4-3-5-7-12/h3-7,10-11,15-16H,8-9H2,1-2H3/t10-,11-/m0/s1. The molecule has 0 spiro atoms. The van der Waals surface area contributed by atoms with E-state index >= 15 is 0 Å². The first kappa shape index (κ1) is 13.7. The summed E-state index contributed by atoms with van der Waals surface area (Å²) in [5.74, 6) is -0.366. The maximum absolute atomic E-state index is 11.7. The van der Waals surface area contributed by atoms with E-state index in [-0.39, 0.29) is 12.5 Å². The van der Waals surface area contributed by atoms with Gasteiger partial charge in [-0.25, -0.2) is 0 Å². The second-order valence-corrected chi connectivity index (χ2v) is 4.23. The lowest BCUT2D eigenvalue weighted by Crippen LogP contribution is -2.41. The summed E-state index contributed by atoms with van der Waals surface area (Å²) in [5, 5.41) is 18.7. The zero-order valence-corrected chi connectivity index (χ0v) is 10.2. The van der Waals surface area contributed by atoms with E-state index in [2.05, 4.69) is 0 Å². The van der Waals surface area contributed by atoms with E-state index in [0.29, 0.717) is 6.54 Å². The maximum atomic E-state index is 11.7. The van der Waals surface area contributed by atoms with Crippen molar-refractivity contribution in [1.29, 1.82) is 0 Å². The first-order valence-corrected chi connectivity index (χ1v) is 5.69. The molecular formula is C13H19NO3. The second-order valence-electron chi connectivity index (χ2n) is 4.23. The first-order chi connectivity index (χ1) is 8.00. The molecular weight excluding hydrogens is 218 g/mol. The number of hydrogen-bond donors (Lipinski definition) is 2. The summed E-state index contributed by atoms with van der Waals surface area (Å²) < 4.78 is 0. The maximum Gasteiger partial charge on any atom is 0.251 e. The number of hydrogen-bond acceptors (Lipinski definition) is 3. The summed E-state index contributed by atoms with van der Waals surface area (Å²) in [6, 6.07) is 9.50. The molecule has 0 bridgehead atoms. The average Bonchev–Trinajstić information content (AvgIpc) is 2.28. The van der Waals surface area contributed by atoms with Crippen molar-refractivity contribution in [2.45, 2.75) is 32.6 Å². The van der Waals surface area contributed by atoms with Crippen molar-refractivity contribution in [3.63, 3.8) is 0 Å². The third-order valence-electron chi connectivity index (χ3n) is 2.37. The molecule has 1 aromatic rings. The number of carbonyl (C=O) groups is 1. The van der Waals surface area contributed by atoms with E-state index in [1.165, 1.54) is 11.8 Å². The molecule has 1 aromatic carbocycles. The number of aliphatic hydroxyl groups excluding tert-OH is 2. The molecule has 0 fully saturated rings. The minimum absolute atomic E-state index is 0.221. The third kappa shape index (κ3) is 4.54. The van der Waals surface area contributed by atoms with Gasteiger partial charge in [-0.2, -0.15) is 0 Å². The lowest BCUT2D eigenvalue weighted by Gasteiger charge is -2.25. The fourth-order valence-electron chi connectivity index (χ4n) is 1.62. The van der Waals surface area contributed by atoms with Crippen LogP contribution in [0, 0.1) is 0 Å². The van der Waals surface area contributed by atoms with Crippen LogP contribution in [-0.2, 0) is 11.3 Å². The minimum Gasteiger partial charge on any atom is -0.392 e. The average molecular weight is 237 g/mol. The SMILES string of the molecule is C[C@H](O)CN(Cc1ccccc1)C(=O)[C@H](C)O. The molecule has 1 rings (SSSR count). The van der Waals surface area contributed by atoms with Gasteiger partial charge in [0.05, 0.1) is 6.10 Å². The van der Waals surface area contributed by atoms with E-state index in [1.807, 2.05) is 30.3 Å². The number of amides is 1. The van der Waals surface area contributed by atoms with Gasteiger partial charge in [0.2, 0.25) is 0 Å². The van der Waals surface area contributed by atoms with Crippen molar-refractivity contribution in [2.24, 2.45) is 0 Å². The van der Waals surface area contributed by atoms with Crippen LogP contribution in [0.5, 0.6) is 0 Å². The van der Waals surface area contributed by atoms with Gasteiger partial charge in [-0.3, -0.25) is 4.79 Å². The molecule has 4 nitrogen and oxygen atoms in total. The Balaban J connectivity index is 2.74. The van der Waals surface area contributed by atoms with Crippen molar-refractivity contribution in [1.82, 2.24) is 4.90 Å². The molecule has 2 atom stereocenters. The van der Waals surface area contributed by atoms with Crippen LogP contribution in [0.1, 0.15) is 19.4 Å². The minimum atomic E-state index is -1.04. The predicted molar refractivity (Wildman–Crippen MR) is 65.2 cm³/mol. The van der Waals surface area contributed by atoms with Gasteiger partial charge in [-0.05, 0) is 19.4 Å². The molecule has 0 aliphatic heterocycles. The summed E-state index contributed by atoms with van der Waals surface area (Å²) in [5.41, 5.74) is 0.974. The van der Waals surface area contributed by atoms with Crippen LogP contribution in [0.25, 0.3) is 0 Å². The van der Waals surface area contributed by atoms with Crippen LogP contribution in [0.3, 0.4) is 0 Å². The summed E-state index contributed by atoms with van der Waals surface area (Å²) in [6.07, 6.45) is -1.65. The third-order valence-corrected chi connectivity index (χ3v) is 2.37. The quantitative estimate of drug-likeness (QED) is 0.795. The van der Waals surface area contributed by atoms with Crippen LogP contribution in [0.15, 0.2) is 30.3 Å². The number of benzene rings is 1. The summed E-state index contributed by atoms with van der Waals surface area (Å²) in [7, 11) is 0. The van der Waals surface area contributed by atoms with E-state index in [9.17, 15) is 15.0 Å². The van der Waals surface area contributed by atoms with Gasteiger partial charge in [-0.1, -0.05) is 30.3 Å². The highest BCUT2D eigenvalue weighted by molar-refractivity contribution is 5.80.